The highest BCUT2D eigenvalue weighted by Crippen LogP contribution is 2.27. The average Bonchev–Trinajstić information content (AvgIpc) is 2.89. The van der Waals surface area contributed by atoms with E-state index in [-0.39, 0.29) is 10.5 Å². The molecule has 2 nitrogen and oxygen atoms in total. The van der Waals surface area contributed by atoms with E-state index in [0.29, 0.717) is 0 Å². The summed E-state index contributed by atoms with van der Waals surface area (Å²) in [6.07, 6.45) is 0. The van der Waals surface area contributed by atoms with E-state index in [4.69, 9.17) is 0 Å². The summed E-state index contributed by atoms with van der Waals surface area (Å²) < 4.78 is 27.9. The first-order valence-corrected chi connectivity index (χ1v) is 7.54. The maximum atomic E-state index is 13.8. The van der Waals surface area contributed by atoms with Crippen molar-refractivity contribution in [3.05, 3.63) is 56.2 Å². The molecule has 0 saturated carbocycles. The van der Waals surface area contributed by atoms with Gasteiger partial charge in [0.2, 0.25) is 0 Å². The lowest BCUT2D eigenvalue weighted by Gasteiger charge is -2.24. The third-order valence-electron chi connectivity index (χ3n) is 3.08. The highest BCUT2D eigenvalue weighted by Gasteiger charge is 2.25. The minimum atomic E-state index is -0.868. The van der Waals surface area contributed by atoms with Crippen molar-refractivity contribution in [1.82, 2.24) is 4.90 Å². The molecule has 0 bridgehead atoms. The summed E-state index contributed by atoms with van der Waals surface area (Å²) in [4.78, 5) is 14.6. The molecular weight excluding hydrogens is 348 g/mol. The van der Waals surface area contributed by atoms with Crippen LogP contribution in [0, 0.1) is 11.6 Å². The summed E-state index contributed by atoms with van der Waals surface area (Å²) in [5, 5.41) is 1.89. The predicted molar refractivity (Wildman–Crippen MR) is 78.9 cm³/mol. The number of hydrogen-bond acceptors (Lipinski definition) is 2. The van der Waals surface area contributed by atoms with E-state index in [2.05, 4.69) is 15.9 Å². The molecule has 1 amide bonds. The van der Waals surface area contributed by atoms with E-state index in [1.165, 1.54) is 23.3 Å². The van der Waals surface area contributed by atoms with E-state index >= 15 is 0 Å². The fraction of sp³-hybridized carbons (Fsp3) is 0.214. The van der Waals surface area contributed by atoms with Gasteiger partial charge in [-0.2, -0.15) is 0 Å². The number of rotatable bonds is 3. The first kappa shape index (κ1) is 15.1. The summed E-state index contributed by atoms with van der Waals surface area (Å²) in [7, 11) is 1.54. The molecule has 1 aromatic heterocycles. The van der Waals surface area contributed by atoms with Gasteiger partial charge >= 0.3 is 0 Å². The number of amides is 1. The van der Waals surface area contributed by atoms with Crippen molar-refractivity contribution >= 4 is 33.2 Å². The van der Waals surface area contributed by atoms with Gasteiger partial charge in [-0.3, -0.25) is 4.79 Å². The van der Waals surface area contributed by atoms with Crippen LogP contribution in [0.25, 0.3) is 0 Å². The third kappa shape index (κ3) is 2.91. The molecule has 0 aliphatic rings. The standard InChI is InChI=1S/C14H12BrF2NOS/c1-8(12-4-3-5-20-12)18(2)14(19)13-10(16)6-9(15)7-11(13)17/h3-8H,1-2H3. The Morgan fingerprint density at radius 3 is 2.45 bits per heavy atom. The fourth-order valence-corrected chi connectivity index (χ4v) is 3.05. The number of benzene rings is 1. The normalized spacial score (nSPS) is 12.2. The molecular formula is C14H12BrF2NOS. The SMILES string of the molecule is CC(c1cccs1)N(C)C(=O)c1c(F)cc(Br)cc1F. The van der Waals surface area contributed by atoms with Gasteiger partial charge in [-0.15, -0.1) is 11.3 Å². The summed E-state index contributed by atoms with van der Waals surface area (Å²) in [6.45, 7) is 1.82. The Morgan fingerprint density at radius 2 is 1.95 bits per heavy atom. The second kappa shape index (κ2) is 6.01. The maximum Gasteiger partial charge on any atom is 0.260 e. The van der Waals surface area contributed by atoms with Crippen LogP contribution in [0.1, 0.15) is 28.2 Å². The van der Waals surface area contributed by atoms with Gasteiger partial charge in [-0.1, -0.05) is 22.0 Å². The number of carbonyl (C=O) groups excluding carboxylic acids is 1. The van der Waals surface area contributed by atoms with Crippen LogP contribution in [-0.2, 0) is 0 Å². The number of carbonyl (C=O) groups is 1. The number of halogens is 3. The minimum absolute atomic E-state index is 0.245. The second-order valence-electron chi connectivity index (χ2n) is 4.35. The lowest BCUT2D eigenvalue weighted by atomic mass is 10.1. The summed E-state index contributed by atoms with van der Waals surface area (Å²) in [6, 6.07) is 5.67. The summed E-state index contributed by atoms with van der Waals surface area (Å²) >= 11 is 4.48. The summed E-state index contributed by atoms with van der Waals surface area (Å²) in [5.41, 5.74) is -0.529. The molecule has 0 radical (unpaired) electrons. The molecule has 106 valence electrons. The molecule has 1 heterocycles. The van der Waals surface area contributed by atoms with E-state index in [1.54, 1.807) is 0 Å². The van der Waals surface area contributed by atoms with Gasteiger partial charge < -0.3 is 4.90 Å². The van der Waals surface area contributed by atoms with Crippen molar-refractivity contribution < 1.29 is 13.6 Å². The molecule has 6 heteroatoms. The van der Waals surface area contributed by atoms with Crippen LogP contribution in [0.2, 0.25) is 0 Å². The molecule has 0 spiro atoms. The van der Waals surface area contributed by atoms with Gasteiger partial charge in [0.25, 0.3) is 5.91 Å². The number of nitrogens with zero attached hydrogens (tertiary/aromatic N) is 1. The Hall–Kier alpha value is -1.27. The molecule has 2 aromatic rings. The van der Waals surface area contributed by atoms with Crippen LogP contribution in [0.4, 0.5) is 8.78 Å². The van der Waals surface area contributed by atoms with E-state index in [0.717, 1.165) is 17.0 Å². The van der Waals surface area contributed by atoms with Gasteiger partial charge in [-0.25, -0.2) is 8.78 Å². The van der Waals surface area contributed by atoms with Gasteiger partial charge in [-0.05, 0) is 30.5 Å². The first-order chi connectivity index (χ1) is 9.41. The first-order valence-electron chi connectivity index (χ1n) is 5.87. The van der Waals surface area contributed by atoms with Crippen molar-refractivity contribution in [3.8, 4) is 0 Å². The van der Waals surface area contributed by atoms with Crippen molar-refractivity contribution in [2.45, 2.75) is 13.0 Å². The van der Waals surface area contributed by atoms with Crippen LogP contribution < -0.4 is 0 Å². The smallest absolute Gasteiger partial charge is 0.260 e. The monoisotopic (exact) mass is 359 g/mol. The maximum absolute atomic E-state index is 13.8. The van der Waals surface area contributed by atoms with Gasteiger partial charge in [0, 0.05) is 16.4 Å². The average molecular weight is 360 g/mol. The topological polar surface area (TPSA) is 20.3 Å². The molecule has 0 aliphatic carbocycles. The molecule has 1 unspecified atom stereocenters. The predicted octanol–water partition coefficient (Wildman–Crippen LogP) is 4.62. The Morgan fingerprint density at radius 1 is 1.35 bits per heavy atom. The van der Waals surface area contributed by atoms with E-state index < -0.39 is 23.1 Å². The molecule has 20 heavy (non-hydrogen) atoms. The second-order valence-corrected chi connectivity index (χ2v) is 6.25. The molecule has 0 N–H and O–H groups in total. The molecule has 0 saturated heterocycles. The highest BCUT2D eigenvalue weighted by atomic mass is 79.9. The summed E-state index contributed by atoms with van der Waals surface area (Å²) in [5.74, 6) is -2.41. The van der Waals surface area contributed by atoms with Gasteiger partial charge in [0.05, 0.1) is 6.04 Å². The Kier molecular flexibility index (Phi) is 4.55. The third-order valence-corrected chi connectivity index (χ3v) is 4.58. The van der Waals surface area contributed by atoms with Crippen LogP contribution in [0.5, 0.6) is 0 Å². The van der Waals surface area contributed by atoms with Crippen LogP contribution in [0.3, 0.4) is 0 Å². The van der Waals surface area contributed by atoms with E-state index in [1.807, 2.05) is 24.4 Å². The van der Waals surface area contributed by atoms with Crippen molar-refractivity contribution in [2.24, 2.45) is 0 Å². The Balaban J connectivity index is 2.32. The quantitative estimate of drug-likeness (QED) is 0.782. The van der Waals surface area contributed by atoms with Crippen molar-refractivity contribution in [3.63, 3.8) is 0 Å². The van der Waals surface area contributed by atoms with E-state index in [9.17, 15) is 13.6 Å². The fourth-order valence-electron chi connectivity index (χ4n) is 1.82. The molecule has 0 fully saturated rings. The zero-order chi connectivity index (χ0) is 14.9. The molecule has 1 atom stereocenters. The Labute approximate surface area is 128 Å². The largest absolute Gasteiger partial charge is 0.334 e. The zero-order valence-corrected chi connectivity index (χ0v) is 13.3. The molecule has 2 rings (SSSR count). The van der Waals surface area contributed by atoms with Gasteiger partial charge in [0.1, 0.15) is 17.2 Å². The minimum Gasteiger partial charge on any atom is -0.334 e. The molecule has 1 aromatic carbocycles. The Bertz CT molecular complexity index is 607. The zero-order valence-electron chi connectivity index (χ0n) is 10.9. The van der Waals surface area contributed by atoms with Crippen LogP contribution in [0.15, 0.2) is 34.1 Å². The lowest BCUT2D eigenvalue weighted by molar-refractivity contribution is 0.0735. The van der Waals surface area contributed by atoms with Crippen LogP contribution >= 0.6 is 27.3 Å². The number of thiophene rings is 1. The van der Waals surface area contributed by atoms with Crippen molar-refractivity contribution in [1.29, 1.82) is 0 Å². The lowest BCUT2D eigenvalue weighted by Crippen LogP contribution is -2.30. The van der Waals surface area contributed by atoms with Gasteiger partial charge in [0.15, 0.2) is 0 Å². The highest BCUT2D eigenvalue weighted by molar-refractivity contribution is 9.10. The molecule has 0 aliphatic heterocycles. The number of hydrogen-bond donors (Lipinski definition) is 0. The van der Waals surface area contributed by atoms with Crippen molar-refractivity contribution in [2.75, 3.05) is 7.05 Å². The van der Waals surface area contributed by atoms with Crippen LogP contribution in [-0.4, -0.2) is 17.9 Å².